The maximum atomic E-state index is 9.29. The molecule has 4 N–H and O–H groups in total. The van der Waals surface area contributed by atoms with Crippen LogP contribution in [0.15, 0.2) is 18.3 Å². The highest BCUT2D eigenvalue weighted by Gasteiger charge is 2.16. The van der Waals surface area contributed by atoms with E-state index in [-0.39, 0.29) is 0 Å². The molecule has 2 heterocycles. The lowest BCUT2D eigenvalue weighted by Gasteiger charge is -2.10. The molecule has 2 rings (SSSR count). The Labute approximate surface area is 81.0 Å². The van der Waals surface area contributed by atoms with E-state index in [9.17, 15) is 5.11 Å². The molecule has 0 aliphatic rings. The Morgan fingerprint density at radius 2 is 2.36 bits per heavy atom. The molecule has 2 unspecified atom stereocenters. The number of nitrogens with two attached hydrogens (primary N) is 1. The van der Waals surface area contributed by atoms with Gasteiger partial charge >= 0.3 is 0 Å². The van der Waals surface area contributed by atoms with Crippen molar-refractivity contribution in [3.8, 4) is 0 Å². The minimum Gasteiger partial charge on any atom is -0.391 e. The zero-order chi connectivity index (χ0) is 10.1. The van der Waals surface area contributed by atoms with E-state index in [2.05, 4.69) is 15.0 Å². The molecule has 0 aromatic carbocycles. The number of nitrogens with zero attached hydrogens (tertiary/aromatic N) is 2. The second-order valence-corrected chi connectivity index (χ2v) is 3.26. The van der Waals surface area contributed by atoms with Gasteiger partial charge < -0.3 is 15.8 Å². The van der Waals surface area contributed by atoms with E-state index >= 15 is 0 Å². The summed E-state index contributed by atoms with van der Waals surface area (Å²) in [6.07, 6.45) is 1.04. The van der Waals surface area contributed by atoms with Crippen LogP contribution >= 0.6 is 0 Å². The van der Waals surface area contributed by atoms with Gasteiger partial charge in [-0.2, -0.15) is 0 Å². The standard InChI is InChI=1S/C9H12N4O/c1-5(14)7(10)9-12-6-3-2-4-11-8(6)13-9/h2-5,7,14H,10H2,1H3,(H,11,12,13). The molecule has 0 saturated carbocycles. The Bertz CT molecular complexity index is 404. The summed E-state index contributed by atoms with van der Waals surface area (Å²) in [5.41, 5.74) is 7.19. The number of H-pyrrole nitrogens is 1. The van der Waals surface area contributed by atoms with Gasteiger partial charge in [0, 0.05) is 6.20 Å². The summed E-state index contributed by atoms with van der Waals surface area (Å²) in [5, 5.41) is 9.29. The Morgan fingerprint density at radius 1 is 1.57 bits per heavy atom. The fourth-order valence-corrected chi connectivity index (χ4v) is 1.25. The normalized spacial score (nSPS) is 15.6. The molecule has 14 heavy (non-hydrogen) atoms. The van der Waals surface area contributed by atoms with Crippen molar-refractivity contribution in [3.63, 3.8) is 0 Å². The average Bonchev–Trinajstić information content (AvgIpc) is 2.59. The summed E-state index contributed by atoms with van der Waals surface area (Å²) in [6, 6.07) is 3.19. The highest BCUT2D eigenvalue weighted by molar-refractivity contribution is 5.69. The van der Waals surface area contributed by atoms with Gasteiger partial charge in [0.1, 0.15) is 5.82 Å². The van der Waals surface area contributed by atoms with Gasteiger partial charge in [-0.05, 0) is 19.1 Å². The van der Waals surface area contributed by atoms with Crippen LogP contribution in [0, 0.1) is 0 Å². The summed E-state index contributed by atoms with van der Waals surface area (Å²) in [4.78, 5) is 11.3. The number of hydrogen-bond donors (Lipinski definition) is 3. The summed E-state index contributed by atoms with van der Waals surface area (Å²) in [7, 11) is 0. The number of aliphatic hydroxyl groups excluding tert-OH is 1. The number of imidazole rings is 1. The molecular formula is C9H12N4O. The quantitative estimate of drug-likeness (QED) is 0.640. The monoisotopic (exact) mass is 192 g/mol. The van der Waals surface area contributed by atoms with E-state index in [1.54, 1.807) is 13.1 Å². The van der Waals surface area contributed by atoms with Crippen LogP contribution in [-0.2, 0) is 0 Å². The first-order valence-electron chi connectivity index (χ1n) is 4.43. The minimum absolute atomic E-state index is 0.496. The third-order valence-corrected chi connectivity index (χ3v) is 2.11. The molecule has 5 nitrogen and oxygen atoms in total. The van der Waals surface area contributed by atoms with E-state index in [1.807, 2.05) is 12.1 Å². The average molecular weight is 192 g/mol. The number of rotatable bonds is 2. The second kappa shape index (κ2) is 3.36. The number of aromatic amines is 1. The third kappa shape index (κ3) is 1.47. The van der Waals surface area contributed by atoms with Gasteiger partial charge in [-0.15, -0.1) is 0 Å². The molecule has 2 atom stereocenters. The molecule has 0 aliphatic heterocycles. The maximum absolute atomic E-state index is 9.29. The highest BCUT2D eigenvalue weighted by Crippen LogP contribution is 2.14. The van der Waals surface area contributed by atoms with Crippen LogP contribution in [0.3, 0.4) is 0 Å². The molecule has 0 aliphatic carbocycles. The third-order valence-electron chi connectivity index (χ3n) is 2.11. The zero-order valence-electron chi connectivity index (χ0n) is 7.81. The molecule has 0 spiro atoms. The molecule has 5 heteroatoms. The lowest BCUT2D eigenvalue weighted by Crippen LogP contribution is -2.24. The molecule has 0 fully saturated rings. The van der Waals surface area contributed by atoms with E-state index in [0.717, 1.165) is 5.52 Å². The van der Waals surface area contributed by atoms with Gasteiger partial charge in [-0.3, -0.25) is 0 Å². The van der Waals surface area contributed by atoms with Crippen LogP contribution in [0.25, 0.3) is 11.2 Å². The summed E-state index contributed by atoms with van der Waals surface area (Å²) >= 11 is 0. The Kier molecular flexibility index (Phi) is 2.18. The van der Waals surface area contributed by atoms with Crippen molar-refractivity contribution in [2.24, 2.45) is 5.73 Å². The van der Waals surface area contributed by atoms with Crippen molar-refractivity contribution < 1.29 is 5.11 Å². The van der Waals surface area contributed by atoms with Gasteiger partial charge in [-0.1, -0.05) is 0 Å². The molecule has 2 aromatic heterocycles. The molecule has 2 aromatic rings. The van der Waals surface area contributed by atoms with Crippen LogP contribution in [0.1, 0.15) is 18.8 Å². The van der Waals surface area contributed by atoms with Gasteiger partial charge in [0.15, 0.2) is 5.65 Å². The van der Waals surface area contributed by atoms with Crippen molar-refractivity contribution in [3.05, 3.63) is 24.2 Å². The van der Waals surface area contributed by atoms with Crippen LogP contribution < -0.4 is 5.73 Å². The van der Waals surface area contributed by atoms with Crippen molar-refractivity contribution in [2.45, 2.75) is 19.1 Å². The van der Waals surface area contributed by atoms with Crippen LogP contribution in [0.2, 0.25) is 0 Å². The van der Waals surface area contributed by atoms with Gasteiger partial charge in [0.05, 0.1) is 17.7 Å². The fourth-order valence-electron chi connectivity index (χ4n) is 1.25. The highest BCUT2D eigenvalue weighted by atomic mass is 16.3. The molecule has 0 radical (unpaired) electrons. The summed E-state index contributed by atoms with van der Waals surface area (Å²) in [5.74, 6) is 0.564. The van der Waals surface area contributed by atoms with Crippen molar-refractivity contribution >= 4 is 11.2 Å². The molecular weight excluding hydrogens is 180 g/mol. The Morgan fingerprint density at radius 3 is 3.00 bits per heavy atom. The molecule has 0 amide bonds. The minimum atomic E-state index is -0.629. The van der Waals surface area contributed by atoms with Gasteiger partial charge in [-0.25, -0.2) is 9.97 Å². The molecule has 0 bridgehead atoms. The predicted octanol–water partition coefficient (Wildman–Crippen LogP) is 0.338. The SMILES string of the molecule is CC(O)C(N)c1nc2ncccc2[nH]1. The van der Waals surface area contributed by atoms with E-state index in [1.165, 1.54) is 0 Å². The summed E-state index contributed by atoms with van der Waals surface area (Å²) in [6.45, 7) is 1.63. The largest absolute Gasteiger partial charge is 0.391 e. The van der Waals surface area contributed by atoms with Crippen molar-refractivity contribution in [1.82, 2.24) is 15.0 Å². The van der Waals surface area contributed by atoms with Gasteiger partial charge in [0.25, 0.3) is 0 Å². The lowest BCUT2D eigenvalue weighted by molar-refractivity contribution is 0.161. The maximum Gasteiger partial charge on any atom is 0.177 e. The van der Waals surface area contributed by atoms with E-state index in [4.69, 9.17) is 5.73 Å². The Balaban J connectivity index is 2.45. The molecule has 74 valence electrons. The number of aliphatic hydroxyl groups is 1. The first kappa shape index (κ1) is 9.11. The van der Waals surface area contributed by atoms with Crippen LogP contribution in [-0.4, -0.2) is 26.2 Å². The Hall–Kier alpha value is -1.46. The smallest absolute Gasteiger partial charge is 0.177 e. The summed E-state index contributed by atoms with van der Waals surface area (Å²) < 4.78 is 0. The van der Waals surface area contributed by atoms with Crippen LogP contribution in [0.5, 0.6) is 0 Å². The number of fused-ring (bicyclic) bond motifs is 1. The van der Waals surface area contributed by atoms with E-state index in [0.29, 0.717) is 11.5 Å². The van der Waals surface area contributed by atoms with Crippen LogP contribution in [0.4, 0.5) is 0 Å². The first-order valence-corrected chi connectivity index (χ1v) is 4.43. The number of aromatic nitrogens is 3. The first-order chi connectivity index (χ1) is 6.68. The predicted molar refractivity (Wildman–Crippen MR) is 52.5 cm³/mol. The fraction of sp³-hybridized carbons (Fsp3) is 0.333. The van der Waals surface area contributed by atoms with Crippen molar-refractivity contribution in [2.75, 3.05) is 0 Å². The molecule has 0 saturated heterocycles. The zero-order valence-corrected chi connectivity index (χ0v) is 7.81. The van der Waals surface area contributed by atoms with Gasteiger partial charge in [0.2, 0.25) is 0 Å². The number of pyridine rings is 1. The van der Waals surface area contributed by atoms with Crippen molar-refractivity contribution in [1.29, 1.82) is 0 Å². The number of nitrogens with one attached hydrogen (secondary N) is 1. The second-order valence-electron chi connectivity index (χ2n) is 3.26. The topological polar surface area (TPSA) is 87.8 Å². The number of hydrogen-bond acceptors (Lipinski definition) is 4. The lowest BCUT2D eigenvalue weighted by atomic mass is 10.2. The van der Waals surface area contributed by atoms with E-state index < -0.39 is 12.1 Å².